The molecule has 0 aromatic heterocycles. The van der Waals surface area contributed by atoms with E-state index in [0.29, 0.717) is 12.6 Å². The second-order valence-corrected chi connectivity index (χ2v) is 5.01. The molecule has 1 aliphatic rings. The van der Waals surface area contributed by atoms with Gasteiger partial charge in [-0.15, -0.1) is 0 Å². The van der Waals surface area contributed by atoms with Crippen LogP contribution in [0.5, 0.6) is 0 Å². The average molecular weight is 229 g/mol. The highest BCUT2D eigenvalue weighted by Crippen LogP contribution is 2.26. The normalized spacial score (nSPS) is 27.0. The third-order valence-corrected chi connectivity index (χ3v) is 3.84. The Bertz CT molecular complexity index is 231. The minimum absolute atomic E-state index is 0.564. The number of hydrogen-bond donors (Lipinski definition) is 2. The summed E-state index contributed by atoms with van der Waals surface area (Å²) in [6.45, 7) is 0.665. The molecule has 4 heteroatoms. The van der Waals surface area contributed by atoms with E-state index in [0.717, 1.165) is 5.25 Å². The van der Waals surface area contributed by atoms with Crippen molar-refractivity contribution >= 4 is 17.7 Å². The van der Waals surface area contributed by atoms with Crippen LogP contribution < -0.4 is 5.32 Å². The van der Waals surface area contributed by atoms with E-state index < -0.39 is 5.97 Å². The highest BCUT2D eigenvalue weighted by atomic mass is 32.2. The number of aliphatic carboxylic acids is 1. The van der Waals surface area contributed by atoms with Crippen LogP contribution >= 0.6 is 11.8 Å². The van der Waals surface area contributed by atoms with E-state index in [4.69, 9.17) is 5.11 Å². The SMILES string of the molecule is CSC1CCCC(NC/C=C/C(=O)O)C1. The fourth-order valence-corrected chi connectivity index (χ4v) is 2.77. The molecule has 0 amide bonds. The highest BCUT2D eigenvalue weighted by molar-refractivity contribution is 7.99. The Balaban J connectivity index is 2.18. The van der Waals surface area contributed by atoms with Gasteiger partial charge < -0.3 is 10.4 Å². The van der Waals surface area contributed by atoms with E-state index >= 15 is 0 Å². The Labute approximate surface area is 95.3 Å². The molecule has 2 unspecified atom stereocenters. The quantitative estimate of drug-likeness (QED) is 0.707. The summed E-state index contributed by atoms with van der Waals surface area (Å²) in [4.78, 5) is 10.2. The van der Waals surface area contributed by atoms with Gasteiger partial charge in [-0.3, -0.25) is 0 Å². The number of carbonyl (C=O) groups is 1. The molecular weight excluding hydrogens is 210 g/mol. The van der Waals surface area contributed by atoms with Crippen molar-refractivity contribution in [3.63, 3.8) is 0 Å². The summed E-state index contributed by atoms with van der Waals surface area (Å²) in [5.41, 5.74) is 0. The van der Waals surface area contributed by atoms with Crippen LogP contribution in [0, 0.1) is 0 Å². The molecule has 1 saturated carbocycles. The van der Waals surface area contributed by atoms with Gasteiger partial charge in [0, 0.05) is 23.9 Å². The molecule has 2 N–H and O–H groups in total. The van der Waals surface area contributed by atoms with Gasteiger partial charge in [-0.05, 0) is 25.5 Å². The van der Waals surface area contributed by atoms with Crippen LogP contribution in [0.4, 0.5) is 0 Å². The van der Waals surface area contributed by atoms with Crippen molar-refractivity contribution in [3.8, 4) is 0 Å². The lowest BCUT2D eigenvalue weighted by atomic mass is 9.95. The van der Waals surface area contributed by atoms with Gasteiger partial charge in [0.2, 0.25) is 0 Å². The van der Waals surface area contributed by atoms with Crippen molar-refractivity contribution in [1.29, 1.82) is 0 Å². The monoisotopic (exact) mass is 229 g/mol. The minimum atomic E-state index is -0.873. The molecule has 86 valence electrons. The van der Waals surface area contributed by atoms with Crippen LogP contribution in [-0.2, 0) is 4.79 Å². The summed E-state index contributed by atoms with van der Waals surface area (Å²) in [7, 11) is 0. The molecule has 0 aromatic carbocycles. The molecule has 0 radical (unpaired) electrons. The Morgan fingerprint density at radius 2 is 2.40 bits per heavy atom. The standard InChI is InChI=1S/C11H19NO2S/c1-15-10-5-2-4-9(8-10)12-7-3-6-11(13)14/h3,6,9-10,12H,2,4-5,7-8H2,1H3,(H,13,14)/b6-3+. The first-order valence-electron chi connectivity index (χ1n) is 5.38. The maximum atomic E-state index is 10.2. The number of nitrogens with one attached hydrogen (secondary N) is 1. The van der Waals surface area contributed by atoms with Crippen LogP contribution in [0.25, 0.3) is 0 Å². The molecular formula is C11H19NO2S. The Morgan fingerprint density at radius 3 is 3.07 bits per heavy atom. The van der Waals surface area contributed by atoms with Gasteiger partial charge in [0.05, 0.1) is 0 Å². The smallest absolute Gasteiger partial charge is 0.328 e. The molecule has 0 heterocycles. The van der Waals surface area contributed by atoms with Crippen molar-refractivity contribution in [2.75, 3.05) is 12.8 Å². The highest BCUT2D eigenvalue weighted by Gasteiger charge is 2.19. The lowest BCUT2D eigenvalue weighted by molar-refractivity contribution is -0.131. The molecule has 0 spiro atoms. The second kappa shape index (κ2) is 6.90. The molecule has 0 aliphatic heterocycles. The van der Waals surface area contributed by atoms with E-state index in [9.17, 15) is 4.79 Å². The fraction of sp³-hybridized carbons (Fsp3) is 0.727. The van der Waals surface area contributed by atoms with Crippen molar-refractivity contribution in [2.24, 2.45) is 0 Å². The summed E-state index contributed by atoms with van der Waals surface area (Å²) in [6.07, 6.45) is 10.1. The maximum Gasteiger partial charge on any atom is 0.328 e. The molecule has 0 aromatic rings. The van der Waals surface area contributed by atoms with Crippen LogP contribution in [0.15, 0.2) is 12.2 Å². The van der Waals surface area contributed by atoms with Gasteiger partial charge in [0.25, 0.3) is 0 Å². The topological polar surface area (TPSA) is 49.3 Å². The zero-order chi connectivity index (χ0) is 11.1. The first-order chi connectivity index (χ1) is 7.22. The summed E-state index contributed by atoms with van der Waals surface area (Å²) < 4.78 is 0. The van der Waals surface area contributed by atoms with Crippen LogP contribution in [0.1, 0.15) is 25.7 Å². The van der Waals surface area contributed by atoms with Gasteiger partial charge in [-0.2, -0.15) is 11.8 Å². The average Bonchev–Trinajstić information content (AvgIpc) is 2.24. The zero-order valence-electron chi connectivity index (χ0n) is 9.11. The van der Waals surface area contributed by atoms with Crippen molar-refractivity contribution in [2.45, 2.75) is 37.0 Å². The van der Waals surface area contributed by atoms with Crippen LogP contribution in [0.3, 0.4) is 0 Å². The number of carboxylic acids is 1. The van der Waals surface area contributed by atoms with Crippen molar-refractivity contribution in [1.82, 2.24) is 5.32 Å². The lowest BCUT2D eigenvalue weighted by Crippen LogP contribution is -2.35. The molecule has 1 aliphatic carbocycles. The molecule has 2 atom stereocenters. The summed E-state index contributed by atoms with van der Waals surface area (Å²) in [5, 5.41) is 12.6. The molecule has 1 fully saturated rings. The third-order valence-electron chi connectivity index (χ3n) is 2.74. The predicted molar refractivity (Wildman–Crippen MR) is 64.3 cm³/mol. The van der Waals surface area contributed by atoms with Gasteiger partial charge in [0.15, 0.2) is 0 Å². The summed E-state index contributed by atoms with van der Waals surface area (Å²) in [5.74, 6) is -0.873. The van der Waals surface area contributed by atoms with Gasteiger partial charge in [-0.25, -0.2) is 4.79 Å². The molecule has 0 saturated heterocycles. The maximum absolute atomic E-state index is 10.2. The Hall–Kier alpha value is -0.480. The molecule has 1 rings (SSSR count). The van der Waals surface area contributed by atoms with E-state index in [1.54, 1.807) is 6.08 Å². The van der Waals surface area contributed by atoms with Gasteiger partial charge in [0.1, 0.15) is 0 Å². The first kappa shape index (κ1) is 12.6. The fourth-order valence-electron chi connectivity index (χ4n) is 1.94. The zero-order valence-corrected chi connectivity index (χ0v) is 9.93. The third kappa shape index (κ3) is 5.23. The minimum Gasteiger partial charge on any atom is -0.478 e. The largest absolute Gasteiger partial charge is 0.478 e. The lowest BCUT2D eigenvalue weighted by Gasteiger charge is -2.28. The molecule has 0 bridgehead atoms. The Morgan fingerprint density at radius 1 is 1.60 bits per heavy atom. The number of hydrogen-bond acceptors (Lipinski definition) is 3. The number of rotatable bonds is 5. The van der Waals surface area contributed by atoms with Crippen molar-refractivity contribution < 1.29 is 9.90 Å². The molecule has 3 nitrogen and oxygen atoms in total. The van der Waals surface area contributed by atoms with Crippen LogP contribution in [0.2, 0.25) is 0 Å². The van der Waals surface area contributed by atoms with Crippen LogP contribution in [-0.4, -0.2) is 35.2 Å². The summed E-state index contributed by atoms with van der Waals surface area (Å²) in [6, 6.07) is 0.564. The van der Waals surface area contributed by atoms with E-state index in [-0.39, 0.29) is 0 Å². The van der Waals surface area contributed by atoms with E-state index in [1.165, 1.54) is 31.8 Å². The predicted octanol–water partition coefficient (Wildman–Crippen LogP) is 1.89. The number of carboxylic acid groups (broad SMARTS) is 1. The van der Waals surface area contributed by atoms with E-state index in [1.807, 2.05) is 11.8 Å². The molecule has 15 heavy (non-hydrogen) atoms. The Kier molecular flexibility index (Phi) is 5.79. The first-order valence-corrected chi connectivity index (χ1v) is 6.67. The second-order valence-electron chi connectivity index (χ2n) is 3.87. The summed E-state index contributed by atoms with van der Waals surface area (Å²) >= 11 is 1.94. The van der Waals surface area contributed by atoms with Gasteiger partial charge in [-0.1, -0.05) is 12.5 Å². The van der Waals surface area contributed by atoms with E-state index in [2.05, 4.69) is 11.6 Å². The number of thioether (sulfide) groups is 1. The van der Waals surface area contributed by atoms with Crippen molar-refractivity contribution in [3.05, 3.63) is 12.2 Å². The van der Waals surface area contributed by atoms with Gasteiger partial charge >= 0.3 is 5.97 Å².